The van der Waals surface area contributed by atoms with Gasteiger partial charge in [0.2, 0.25) is 0 Å². The largest absolute Gasteiger partial charge is 0.493 e. The molecule has 0 radical (unpaired) electrons. The van der Waals surface area contributed by atoms with Crippen LogP contribution >= 0.6 is 0 Å². The Balaban J connectivity index is 1.34. The molecule has 0 aliphatic rings. The maximum absolute atomic E-state index is 12.5. The Morgan fingerprint density at radius 3 is 2.73 bits per heavy atom. The molecule has 2 aromatic heterocycles. The van der Waals surface area contributed by atoms with E-state index in [-0.39, 0.29) is 5.91 Å². The number of benzene rings is 2. The van der Waals surface area contributed by atoms with Gasteiger partial charge in [0, 0.05) is 24.7 Å². The summed E-state index contributed by atoms with van der Waals surface area (Å²) in [4.78, 5) is 21.0. The number of carbonyl (C=O) groups excluding carboxylic acids is 1. The maximum Gasteiger partial charge on any atom is 0.251 e. The summed E-state index contributed by atoms with van der Waals surface area (Å²) in [6, 6.07) is 14.6. The van der Waals surface area contributed by atoms with E-state index in [1.54, 1.807) is 44.8 Å². The molecule has 0 spiro atoms. The van der Waals surface area contributed by atoms with Crippen molar-refractivity contribution in [2.24, 2.45) is 0 Å². The van der Waals surface area contributed by atoms with Crippen molar-refractivity contribution in [1.82, 2.24) is 15.3 Å². The van der Waals surface area contributed by atoms with Crippen LogP contribution in [-0.4, -0.2) is 43.2 Å². The number of hydrogen-bond donors (Lipinski definition) is 1. The predicted molar refractivity (Wildman–Crippen MR) is 123 cm³/mol. The van der Waals surface area contributed by atoms with Crippen molar-refractivity contribution < 1.29 is 23.4 Å². The molecule has 0 saturated heterocycles. The van der Waals surface area contributed by atoms with Crippen molar-refractivity contribution in [3.05, 3.63) is 77.9 Å². The van der Waals surface area contributed by atoms with Gasteiger partial charge in [-0.3, -0.25) is 9.78 Å². The van der Waals surface area contributed by atoms with Gasteiger partial charge in [-0.25, -0.2) is 4.98 Å². The number of oxazole rings is 1. The minimum Gasteiger partial charge on any atom is -0.493 e. The van der Waals surface area contributed by atoms with E-state index < -0.39 is 0 Å². The van der Waals surface area contributed by atoms with E-state index in [1.807, 2.05) is 30.3 Å². The summed E-state index contributed by atoms with van der Waals surface area (Å²) in [5, 5.41) is 2.90. The molecule has 4 rings (SSSR count). The molecular formula is C25H25N3O5. The van der Waals surface area contributed by atoms with Gasteiger partial charge in [0.05, 0.1) is 27.0 Å². The average Bonchev–Trinajstić information content (AvgIpc) is 3.25. The Morgan fingerprint density at radius 1 is 1.06 bits per heavy atom. The first-order valence-corrected chi connectivity index (χ1v) is 10.6. The van der Waals surface area contributed by atoms with E-state index in [0.717, 1.165) is 5.56 Å². The average molecular weight is 447 g/mol. The minimum atomic E-state index is -0.170. The van der Waals surface area contributed by atoms with Crippen LogP contribution in [0, 0.1) is 0 Å². The highest BCUT2D eigenvalue weighted by Gasteiger charge is 2.12. The zero-order chi connectivity index (χ0) is 23.0. The molecule has 0 aliphatic carbocycles. The number of rotatable bonds is 10. The molecule has 0 bridgehead atoms. The van der Waals surface area contributed by atoms with Crippen LogP contribution in [0.5, 0.6) is 17.2 Å². The number of fused-ring (bicyclic) bond motifs is 1. The number of hydrogen-bond acceptors (Lipinski definition) is 7. The second kappa shape index (κ2) is 10.5. The molecule has 170 valence electrons. The number of carbonyl (C=O) groups is 1. The lowest BCUT2D eigenvalue weighted by Crippen LogP contribution is -2.25. The molecule has 33 heavy (non-hydrogen) atoms. The Bertz CT molecular complexity index is 1220. The van der Waals surface area contributed by atoms with Crippen molar-refractivity contribution >= 4 is 17.0 Å². The predicted octanol–water partition coefficient (Wildman–Crippen LogP) is 4.03. The zero-order valence-electron chi connectivity index (χ0n) is 18.5. The van der Waals surface area contributed by atoms with Gasteiger partial charge in [-0.15, -0.1) is 0 Å². The fraction of sp³-hybridized carbons (Fsp3) is 0.240. The van der Waals surface area contributed by atoms with Crippen LogP contribution in [0.1, 0.15) is 28.2 Å². The van der Waals surface area contributed by atoms with Gasteiger partial charge in [-0.05, 0) is 54.4 Å². The van der Waals surface area contributed by atoms with Gasteiger partial charge in [0.25, 0.3) is 5.91 Å². The van der Waals surface area contributed by atoms with E-state index >= 15 is 0 Å². The number of pyridine rings is 1. The number of ether oxygens (including phenoxy) is 3. The Hall–Kier alpha value is -4.07. The van der Waals surface area contributed by atoms with Crippen molar-refractivity contribution in [3.8, 4) is 17.2 Å². The number of nitrogens with one attached hydrogen (secondary N) is 1. The van der Waals surface area contributed by atoms with E-state index in [0.29, 0.717) is 65.8 Å². The summed E-state index contributed by atoms with van der Waals surface area (Å²) in [6.07, 6.45) is 4.52. The van der Waals surface area contributed by atoms with Gasteiger partial charge in [-0.1, -0.05) is 6.07 Å². The third kappa shape index (κ3) is 5.60. The van der Waals surface area contributed by atoms with E-state index in [9.17, 15) is 4.79 Å². The van der Waals surface area contributed by atoms with Gasteiger partial charge in [-0.2, -0.15) is 0 Å². The standard InChI is InChI=1S/C25H25N3O5/c1-30-21-9-6-17(13-23(21)31-2)14-24-28-20-8-7-18(15-22(20)33-24)25(29)27-11-4-12-32-19-5-3-10-26-16-19/h3,5-10,13,15-16H,4,11-12,14H2,1-2H3,(H,27,29). The normalized spacial score (nSPS) is 10.7. The molecule has 0 unspecified atom stereocenters. The summed E-state index contributed by atoms with van der Waals surface area (Å²) < 4.78 is 22.1. The number of nitrogens with zero attached hydrogens (tertiary/aromatic N) is 2. The van der Waals surface area contributed by atoms with E-state index in [1.165, 1.54) is 0 Å². The van der Waals surface area contributed by atoms with E-state index in [2.05, 4.69) is 15.3 Å². The van der Waals surface area contributed by atoms with Crippen molar-refractivity contribution in [1.29, 1.82) is 0 Å². The third-order valence-corrected chi connectivity index (χ3v) is 5.01. The second-order valence-corrected chi connectivity index (χ2v) is 7.30. The molecule has 0 fully saturated rings. The highest BCUT2D eigenvalue weighted by Crippen LogP contribution is 2.29. The Kier molecular flexibility index (Phi) is 7.04. The summed E-state index contributed by atoms with van der Waals surface area (Å²) in [5.74, 6) is 2.41. The monoisotopic (exact) mass is 447 g/mol. The van der Waals surface area contributed by atoms with Crippen molar-refractivity contribution in [2.45, 2.75) is 12.8 Å². The van der Waals surface area contributed by atoms with E-state index in [4.69, 9.17) is 18.6 Å². The van der Waals surface area contributed by atoms with Crippen molar-refractivity contribution in [2.75, 3.05) is 27.4 Å². The first kappa shape index (κ1) is 22.1. The lowest BCUT2D eigenvalue weighted by molar-refractivity contribution is 0.0951. The van der Waals surface area contributed by atoms with Crippen LogP contribution in [0.4, 0.5) is 0 Å². The smallest absolute Gasteiger partial charge is 0.251 e. The van der Waals surface area contributed by atoms with Crippen LogP contribution in [0.15, 0.2) is 65.3 Å². The fourth-order valence-electron chi connectivity index (χ4n) is 3.35. The molecule has 8 nitrogen and oxygen atoms in total. The molecule has 8 heteroatoms. The van der Waals surface area contributed by atoms with Crippen LogP contribution in [0.2, 0.25) is 0 Å². The maximum atomic E-state index is 12.5. The topological polar surface area (TPSA) is 95.7 Å². The Morgan fingerprint density at radius 2 is 1.94 bits per heavy atom. The molecule has 0 aliphatic heterocycles. The lowest BCUT2D eigenvalue weighted by Gasteiger charge is -2.08. The molecule has 1 amide bonds. The lowest BCUT2D eigenvalue weighted by atomic mass is 10.1. The quantitative estimate of drug-likeness (QED) is 0.367. The highest BCUT2D eigenvalue weighted by atomic mass is 16.5. The molecule has 0 atom stereocenters. The molecule has 2 aromatic carbocycles. The molecular weight excluding hydrogens is 422 g/mol. The zero-order valence-corrected chi connectivity index (χ0v) is 18.5. The second-order valence-electron chi connectivity index (χ2n) is 7.30. The van der Waals surface area contributed by atoms with Crippen LogP contribution in [0.25, 0.3) is 11.1 Å². The summed E-state index contributed by atoms with van der Waals surface area (Å²) in [5.41, 5.74) is 2.76. The molecule has 0 saturated carbocycles. The van der Waals surface area contributed by atoms with Crippen LogP contribution < -0.4 is 19.5 Å². The molecule has 4 aromatic rings. The third-order valence-electron chi connectivity index (χ3n) is 5.01. The van der Waals surface area contributed by atoms with Crippen LogP contribution in [0.3, 0.4) is 0 Å². The van der Waals surface area contributed by atoms with Gasteiger partial charge in [0.15, 0.2) is 23.0 Å². The SMILES string of the molecule is COc1ccc(Cc2nc3ccc(C(=O)NCCCOc4cccnc4)cc3o2)cc1OC. The summed E-state index contributed by atoms with van der Waals surface area (Å²) in [7, 11) is 3.20. The van der Waals surface area contributed by atoms with Gasteiger partial charge in [0.1, 0.15) is 11.3 Å². The Labute approximate surface area is 191 Å². The van der Waals surface area contributed by atoms with Gasteiger partial charge < -0.3 is 23.9 Å². The summed E-state index contributed by atoms with van der Waals surface area (Å²) in [6.45, 7) is 0.991. The number of methoxy groups -OCH3 is 2. The van der Waals surface area contributed by atoms with Gasteiger partial charge >= 0.3 is 0 Å². The first-order valence-electron chi connectivity index (χ1n) is 10.6. The van der Waals surface area contributed by atoms with Crippen molar-refractivity contribution in [3.63, 3.8) is 0 Å². The number of aromatic nitrogens is 2. The fourth-order valence-corrected chi connectivity index (χ4v) is 3.35. The molecule has 2 heterocycles. The van der Waals surface area contributed by atoms with Crippen LogP contribution in [-0.2, 0) is 6.42 Å². The first-order chi connectivity index (χ1) is 16.2. The number of amides is 1. The minimum absolute atomic E-state index is 0.170. The summed E-state index contributed by atoms with van der Waals surface area (Å²) >= 11 is 0. The molecule has 1 N–H and O–H groups in total. The highest BCUT2D eigenvalue weighted by molar-refractivity contribution is 5.97.